The van der Waals surface area contributed by atoms with E-state index in [0.717, 1.165) is 5.56 Å². The molecule has 0 aliphatic carbocycles. The first-order valence-corrected chi connectivity index (χ1v) is 12.2. The molecule has 0 saturated heterocycles. The Morgan fingerprint density at radius 3 is 1.96 bits per heavy atom. The van der Waals surface area contributed by atoms with Gasteiger partial charge in [0.25, 0.3) is 0 Å². The van der Waals surface area contributed by atoms with E-state index in [4.69, 9.17) is 0 Å². The van der Waals surface area contributed by atoms with Crippen LogP contribution in [0.15, 0.2) is 60.7 Å². The lowest BCUT2D eigenvalue weighted by Gasteiger charge is -2.26. The third-order valence-electron chi connectivity index (χ3n) is 4.33. The van der Waals surface area contributed by atoms with E-state index in [2.05, 4.69) is 102 Å². The van der Waals surface area contributed by atoms with Gasteiger partial charge in [-0.05, 0) is 35.1 Å². The SMILES string of the molecule is C[Si](C)(C)C#Cc1ccc(B2Nc3cccc4cccc(c34)N2)cc1. The Hall–Kier alpha value is -2.64. The third-order valence-corrected chi connectivity index (χ3v) is 5.21. The van der Waals surface area contributed by atoms with E-state index in [1.165, 1.54) is 27.6 Å². The molecule has 0 radical (unpaired) electrons. The van der Waals surface area contributed by atoms with Crippen molar-refractivity contribution in [1.82, 2.24) is 0 Å². The quantitative estimate of drug-likeness (QED) is 0.510. The van der Waals surface area contributed by atoms with E-state index >= 15 is 0 Å². The Morgan fingerprint density at radius 2 is 1.40 bits per heavy atom. The highest BCUT2D eigenvalue weighted by Gasteiger charge is 2.25. The van der Waals surface area contributed by atoms with E-state index in [-0.39, 0.29) is 6.98 Å². The van der Waals surface area contributed by atoms with Crippen LogP contribution in [0, 0.1) is 11.5 Å². The van der Waals surface area contributed by atoms with E-state index in [0.29, 0.717) is 0 Å². The number of benzene rings is 3. The van der Waals surface area contributed by atoms with Gasteiger partial charge in [-0.25, -0.2) is 0 Å². The van der Waals surface area contributed by atoms with E-state index in [1.54, 1.807) is 0 Å². The number of hydrogen-bond acceptors (Lipinski definition) is 2. The highest BCUT2D eigenvalue weighted by atomic mass is 28.3. The van der Waals surface area contributed by atoms with E-state index < -0.39 is 8.07 Å². The summed E-state index contributed by atoms with van der Waals surface area (Å²) in [6, 6.07) is 21.4. The predicted molar refractivity (Wildman–Crippen MR) is 113 cm³/mol. The summed E-state index contributed by atoms with van der Waals surface area (Å²) >= 11 is 0. The summed E-state index contributed by atoms with van der Waals surface area (Å²) in [6.07, 6.45) is 0. The Bertz CT molecular complexity index is 954. The number of rotatable bonds is 1. The molecule has 0 unspecified atom stereocenters. The van der Waals surface area contributed by atoms with Crippen LogP contribution in [0.25, 0.3) is 10.8 Å². The summed E-state index contributed by atoms with van der Waals surface area (Å²) in [4.78, 5) is 0. The predicted octanol–water partition coefficient (Wildman–Crippen LogP) is 4.30. The van der Waals surface area contributed by atoms with Gasteiger partial charge in [0.05, 0.1) is 0 Å². The van der Waals surface area contributed by atoms with Crippen molar-refractivity contribution in [2.45, 2.75) is 19.6 Å². The molecule has 122 valence electrons. The first-order valence-electron chi connectivity index (χ1n) is 8.68. The van der Waals surface area contributed by atoms with Gasteiger partial charge in [0.1, 0.15) is 8.07 Å². The Balaban J connectivity index is 1.62. The van der Waals surface area contributed by atoms with E-state index in [9.17, 15) is 0 Å². The van der Waals surface area contributed by atoms with Gasteiger partial charge in [0.15, 0.2) is 0 Å². The lowest BCUT2D eigenvalue weighted by atomic mass is 9.66. The van der Waals surface area contributed by atoms with Gasteiger partial charge in [0, 0.05) is 22.3 Å². The Labute approximate surface area is 150 Å². The molecule has 2 N–H and O–H groups in total. The highest BCUT2D eigenvalue weighted by molar-refractivity contribution is 6.84. The number of hydrogen-bond donors (Lipinski definition) is 2. The zero-order valence-corrected chi connectivity index (χ0v) is 15.9. The van der Waals surface area contributed by atoms with Gasteiger partial charge in [0.2, 0.25) is 0 Å². The van der Waals surface area contributed by atoms with Crippen molar-refractivity contribution in [3.8, 4) is 11.5 Å². The van der Waals surface area contributed by atoms with Gasteiger partial charge in [-0.1, -0.05) is 62.0 Å². The second-order valence-corrected chi connectivity index (χ2v) is 12.3. The molecule has 1 aliphatic rings. The van der Waals surface area contributed by atoms with Crippen LogP contribution in [0.4, 0.5) is 11.4 Å². The van der Waals surface area contributed by atoms with Crippen molar-refractivity contribution < 1.29 is 0 Å². The second kappa shape index (κ2) is 6.02. The van der Waals surface area contributed by atoms with Crippen LogP contribution < -0.4 is 15.9 Å². The molecule has 0 bridgehead atoms. The summed E-state index contributed by atoms with van der Waals surface area (Å²) in [6.45, 7) is 6.87. The van der Waals surface area contributed by atoms with Gasteiger partial charge in [-0.15, -0.1) is 5.54 Å². The maximum atomic E-state index is 3.61. The largest absolute Gasteiger partial charge is 0.406 e. The van der Waals surface area contributed by atoms with Crippen molar-refractivity contribution in [2.24, 2.45) is 0 Å². The summed E-state index contributed by atoms with van der Waals surface area (Å²) in [7, 11) is -1.34. The zero-order chi connectivity index (χ0) is 17.4. The van der Waals surface area contributed by atoms with Gasteiger partial charge in [-0.2, -0.15) is 0 Å². The second-order valence-electron chi connectivity index (χ2n) is 7.55. The van der Waals surface area contributed by atoms with Crippen LogP contribution in [-0.2, 0) is 0 Å². The molecule has 4 heteroatoms. The van der Waals surface area contributed by atoms with Gasteiger partial charge < -0.3 is 10.5 Å². The Morgan fingerprint density at radius 1 is 0.800 bits per heavy atom. The molecule has 1 aliphatic heterocycles. The smallest absolute Gasteiger partial charge is 0.405 e. The van der Waals surface area contributed by atoms with Crippen molar-refractivity contribution in [3.05, 3.63) is 66.2 Å². The fourth-order valence-electron chi connectivity index (χ4n) is 3.11. The maximum absolute atomic E-state index is 3.61. The number of anilines is 2. The topological polar surface area (TPSA) is 24.1 Å². The fourth-order valence-corrected chi connectivity index (χ4v) is 3.63. The van der Waals surface area contributed by atoms with Crippen LogP contribution in [-0.4, -0.2) is 15.1 Å². The molecule has 3 aromatic rings. The minimum absolute atomic E-state index is 0.0690. The highest BCUT2D eigenvalue weighted by Crippen LogP contribution is 2.33. The minimum Gasteiger partial charge on any atom is -0.405 e. The summed E-state index contributed by atoms with van der Waals surface area (Å²) in [5.74, 6) is 3.32. The molecule has 0 amide bonds. The molecule has 2 nitrogen and oxygen atoms in total. The minimum atomic E-state index is -1.34. The molecule has 3 aromatic carbocycles. The molecule has 0 saturated carbocycles. The summed E-state index contributed by atoms with van der Waals surface area (Å²) in [5, 5.41) is 9.74. The lowest BCUT2D eigenvalue weighted by Crippen LogP contribution is -2.47. The summed E-state index contributed by atoms with van der Waals surface area (Å²) in [5.41, 5.74) is 8.08. The average molecular weight is 340 g/mol. The molecule has 0 aromatic heterocycles. The first-order chi connectivity index (χ1) is 12.0. The molecule has 0 spiro atoms. The molecule has 0 fully saturated rings. The molecule has 25 heavy (non-hydrogen) atoms. The van der Waals surface area contributed by atoms with Crippen molar-refractivity contribution in [3.63, 3.8) is 0 Å². The molecular formula is C21H21BN2Si. The summed E-state index contributed by atoms with van der Waals surface area (Å²) < 4.78 is 0. The lowest BCUT2D eigenvalue weighted by molar-refractivity contribution is 1.59. The first kappa shape index (κ1) is 15.9. The van der Waals surface area contributed by atoms with Crippen LogP contribution in [0.1, 0.15) is 5.56 Å². The van der Waals surface area contributed by atoms with Crippen molar-refractivity contribution >= 4 is 42.7 Å². The molecule has 0 atom stereocenters. The van der Waals surface area contributed by atoms with Gasteiger partial charge in [-0.3, -0.25) is 0 Å². The molecule has 4 rings (SSSR count). The van der Waals surface area contributed by atoms with Crippen LogP contribution in [0.2, 0.25) is 19.6 Å². The van der Waals surface area contributed by atoms with E-state index in [1.807, 2.05) is 0 Å². The molecule has 1 heterocycles. The number of nitrogens with one attached hydrogen (secondary N) is 2. The van der Waals surface area contributed by atoms with Crippen molar-refractivity contribution in [1.29, 1.82) is 0 Å². The molecular weight excluding hydrogens is 319 g/mol. The average Bonchev–Trinajstić information content (AvgIpc) is 2.60. The Kier molecular flexibility index (Phi) is 3.82. The maximum Gasteiger partial charge on any atom is 0.406 e. The fraction of sp³-hybridized carbons (Fsp3) is 0.143. The monoisotopic (exact) mass is 340 g/mol. The van der Waals surface area contributed by atoms with Crippen molar-refractivity contribution in [2.75, 3.05) is 10.5 Å². The van der Waals surface area contributed by atoms with Crippen LogP contribution in [0.3, 0.4) is 0 Å². The van der Waals surface area contributed by atoms with Crippen LogP contribution in [0.5, 0.6) is 0 Å². The standard InChI is InChI=1S/C21H21BN2Si/c1-25(2,3)15-14-16-10-12-18(13-11-16)22-23-19-8-4-6-17-7-5-9-20(24-22)21(17)19/h4-13,23-24H,1-3H3. The van der Waals surface area contributed by atoms with Gasteiger partial charge >= 0.3 is 6.98 Å². The van der Waals surface area contributed by atoms with Crippen LogP contribution >= 0.6 is 0 Å². The normalized spacial score (nSPS) is 12.8. The third kappa shape index (κ3) is 3.29. The zero-order valence-electron chi connectivity index (χ0n) is 14.9.